The number of esters is 1. The Morgan fingerprint density at radius 3 is 3.10 bits per heavy atom. The molecule has 1 aliphatic rings. The third kappa shape index (κ3) is 4.41. The number of aromatic nitrogens is 4. The van der Waals surface area contributed by atoms with E-state index in [1.54, 1.807) is 17.0 Å². The van der Waals surface area contributed by atoms with Crippen molar-refractivity contribution in [3.05, 3.63) is 40.2 Å². The summed E-state index contributed by atoms with van der Waals surface area (Å²) >= 11 is 2.69. The van der Waals surface area contributed by atoms with Crippen LogP contribution in [0.1, 0.15) is 39.9 Å². The number of fused-ring (bicyclic) bond motifs is 1. The highest BCUT2D eigenvalue weighted by Gasteiger charge is 2.29. The Bertz CT molecular complexity index is 1040. The summed E-state index contributed by atoms with van der Waals surface area (Å²) in [6.45, 7) is 2.58. The summed E-state index contributed by atoms with van der Waals surface area (Å²) in [4.78, 5) is 26.1. The quantitative estimate of drug-likeness (QED) is 0.434. The number of amides is 1. The van der Waals surface area contributed by atoms with Gasteiger partial charge >= 0.3 is 5.97 Å². The molecule has 0 radical (unpaired) electrons. The van der Waals surface area contributed by atoms with E-state index < -0.39 is 5.97 Å². The van der Waals surface area contributed by atoms with Crippen LogP contribution in [0.3, 0.4) is 0 Å². The zero-order valence-electron chi connectivity index (χ0n) is 16.6. The summed E-state index contributed by atoms with van der Waals surface area (Å²) in [5, 5.41) is 15.5. The van der Waals surface area contributed by atoms with Crippen LogP contribution in [-0.2, 0) is 28.9 Å². The van der Waals surface area contributed by atoms with Crippen molar-refractivity contribution in [2.24, 2.45) is 5.92 Å². The first-order valence-corrected chi connectivity index (χ1v) is 11.3. The number of thioether (sulfide) groups is 1. The number of nitrogens with zero attached hydrogens (tertiary/aromatic N) is 4. The Hall–Kier alpha value is -2.66. The number of thiophene rings is 1. The molecule has 3 aromatic rings. The zero-order valence-corrected chi connectivity index (χ0v) is 18.2. The maximum Gasteiger partial charge on any atom is 0.341 e. The Kier molecular flexibility index (Phi) is 6.18. The maximum absolute atomic E-state index is 12.6. The van der Waals surface area contributed by atoms with E-state index in [0.717, 1.165) is 35.5 Å². The van der Waals surface area contributed by atoms with Gasteiger partial charge in [0.1, 0.15) is 17.3 Å². The van der Waals surface area contributed by atoms with E-state index in [1.807, 2.05) is 6.07 Å². The van der Waals surface area contributed by atoms with E-state index in [0.29, 0.717) is 28.2 Å². The van der Waals surface area contributed by atoms with Gasteiger partial charge in [-0.05, 0) is 53.3 Å². The van der Waals surface area contributed by atoms with Gasteiger partial charge in [-0.25, -0.2) is 9.48 Å². The van der Waals surface area contributed by atoms with E-state index in [9.17, 15) is 9.59 Å². The third-order valence-electron chi connectivity index (χ3n) is 4.87. The third-order valence-corrected chi connectivity index (χ3v) is 7.00. The highest BCUT2D eigenvalue weighted by molar-refractivity contribution is 7.99. The first-order chi connectivity index (χ1) is 14.5. The number of carbonyl (C=O) groups is 2. The molecular formula is C19H21N5O4S2. The number of hydrogen-bond donors (Lipinski definition) is 1. The molecule has 4 rings (SSSR count). The molecule has 1 amide bonds. The average Bonchev–Trinajstić information content (AvgIpc) is 3.46. The van der Waals surface area contributed by atoms with Crippen molar-refractivity contribution >= 4 is 40.0 Å². The fraction of sp³-hybridized carbons (Fsp3) is 0.421. The van der Waals surface area contributed by atoms with Crippen molar-refractivity contribution in [1.82, 2.24) is 20.2 Å². The molecule has 0 spiro atoms. The molecule has 0 bridgehead atoms. The smallest absolute Gasteiger partial charge is 0.341 e. The number of furan rings is 1. The van der Waals surface area contributed by atoms with Crippen LogP contribution in [0.2, 0.25) is 0 Å². The van der Waals surface area contributed by atoms with Gasteiger partial charge < -0.3 is 14.5 Å². The van der Waals surface area contributed by atoms with Crippen molar-refractivity contribution in [2.75, 3.05) is 18.2 Å². The van der Waals surface area contributed by atoms with Gasteiger partial charge in [0, 0.05) is 4.88 Å². The van der Waals surface area contributed by atoms with Crippen LogP contribution in [0, 0.1) is 5.92 Å². The number of rotatable bonds is 7. The fourth-order valence-electron chi connectivity index (χ4n) is 3.40. The number of carbonyl (C=O) groups excluding carboxylic acids is 2. The highest BCUT2D eigenvalue weighted by Crippen LogP contribution is 2.40. The number of anilines is 1. The van der Waals surface area contributed by atoms with Gasteiger partial charge in [-0.2, -0.15) is 0 Å². The summed E-state index contributed by atoms with van der Waals surface area (Å²) in [5.74, 6) is 0.748. The SMILES string of the molecule is COC(=O)c1c(NC(=O)CSc2nnnn2Cc2ccco2)sc2c1CCC(C)C2. The molecule has 0 aromatic carbocycles. The van der Waals surface area contributed by atoms with Crippen LogP contribution in [0.25, 0.3) is 0 Å². The number of methoxy groups -OCH3 is 1. The standard InChI is InChI=1S/C19H21N5O4S2/c1-11-5-6-13-14(8-11)30-17(16(13)18(26)27-2)20-15(25)10-29-19-21-22-23-24(19)9-12-4-3-7-28-12/h3-4,7,11H,5-6,8-10H2,1-2H3,(H,20,25). The van der Waals surface area contributed by atoms with E-state index in [4.69, 9.17) is 9.15 Å². The molecule has 1 N–H and O–H groups in total. The largest absolute Gasteiger partial charge is 0.467 e. The predicted molar refractivity (Wildman–Crippen MR) is 112 cm³/mol. The van der Waals surface area contributed by atoms with Crippen LogP contribution < -0.4 is 5.32 Å². The van der Waals surface area contributed by atoms with Crippen LogP contribution in [-0.4, -0.2) is 44.9 Å². The minimum absolute atomic E-state index is 0.109. The molecule has 3 aromatic heterocycles. The number of ether oxygens (including phenoxy) is 1. The summed E-state index contributed by atoms with van der Waals surface area (Å²) in [7, 11) is 1.36. The second-order valence-corrected chi connectivity index (χ2v) is 9.13. The lowest BCUT2D eigenvalue weighted by atomic mass is 9.88. The van der Waals surface area contributed by atoms with Crippen LogP contribution in [0.4, 0.5) is 5.00 Å². The lowest BCUT2D eigenvalue weighted by Gasteiger charge is -2.18. The first kappa shape index (κ1) is 20.6. The number of nitrogens with one attached hydrogen (secondary N) is 1. The van der Waals surface area contributed by atoms with Gasteiger partial charge in [0.15, 0.2) is 0 Å². The van der Waals surface area contributed by atoms with E-state index in [2.05, 4.69) is 27.8 Å². The maximum atomic E-state index is 12.6. The fourth-order valence-corrected chi connectivity index (χ4v) is 5.49. The van der Waals surface area contributed by atoms with E-state index >= 15 is 0 Å². The van der Waals surface area contributed by atoms with Crippen molar-refractivity contribution < 1.29 is 18.7 Å². The Balaban J connectivity index is 1.44. The van der Waals surface area contributed by atoms with Crippen molar-refractivity contribution in [3.63, 3.8) is 0 Å². The van der Waals surface area contributed by atoms with Gasteiger partial charge in [0.05, 0.1) is 24.7 Å². The Labute approximate surface area is 181 Å². The Morgan fingerprint density at radius 2 is 2.33 bits per heavy atom. The van der Waals surface area contributed by atoms with Gasteiger partial charge in [0.25, 0.3) is 0 Å². The van der Waals surface area contributed by atoms with Gasteiger partial charge in [-0.15, -0.1) is 16.4 Å². The molecule has 1 aliphatic carbocycles. The molecular weight excluding hydrogens is 426 g/mol. The van der Waals surface area contributed by atoms with E-state index in [-0.39, 0.29) is 11.7 Å². The van der Waals surface area contributed by atoms with Crippen LogP contribution in [0.15, 0.2) is 28.0 Å². The molecule has 30 heavy (non-hydrogen) atoms. The topological polar surface area (TPSA) is 112 Å². The zero-order chi connectivity index (χ0) is 21.1. The normalized spacial score (nSPS) is 15.6. The molecule has 0 aliphatic heterocycles. The number of hydrogen-bond acceptors (Lipinski definition) is 9. The summed E-state index contributed by atoms with van der Waals surface area (Å²) in [6.07, 6.45) is 4.34. The lowest BCUT2D eigenvalue weighted by Crippen LogP contribution is -2.17. The molecule has 158 valence electrons. The molecule has 0 saturated carbocycles. The molecule has 0 fully saturated rings. The molecule has 11 heteroatoms. The summed E-state index contributed by atoms with van der Waals surface area (Å²) < 4.78 is 11.9. The van der Waals surface area contributed by atoms with Crippen molar-refractivity contribution in [2.45, 2.75) is 37.9 Å². The highest BCUT2D eigenvalue weighted by atomic mass is 32.2. The minimum atomic E-state index is -0.410. The van der Waals surface area contributed by atoms with Crippen molar-refractivity contribution in [1.29, 1.82) is 0 Å². The summed E-state index contributed by atoms with van der Waals surface area (Å²) in [6, 6.07) is 3.62. The lowest BCUT2D eigenvalue weighted by molar-refractivity contribution is -0.113. The second-order valence-electron chi connectivity index (χ2n) is 7.08. The van der Waals surface area contributed by atoms with Gasteiger partial charge in [0.2, 0.25) is 11.1 Å². The molecule has 3 heterocycles. The first-order valence-electron chi connectivity index (χ1n) is 9.49. The second kappa shape index (κ2) is 9.00. The van der Waals surface area contributed by atoms with Crippen LogP contribution >= 0.6 is 23.1 Å². The van der Waals surface area contributed by atoms with Gasteiger partial charge in [-0.1, -0.05) is 18.7 Å². The predicted octanol–water partition coefficient (Wildman–Crippen LogP) is 3.02. The molecule has 9 nitrogen and oxygen atoms in total. The monoisotopic (exact) mass is 447 g/mol. The summed E-state index contributed by atoms with van der Waals surface area (Å²) in [5.41, 5.74) is 1.50. The van der Waals surface area contributed by atoms with E-state index in [1.165, 1.54) is 30.2 Å². The molecule has 1 atom stereocenters. The number of tetrazole rings is 1. The average molecular weight is 448 g/mol. The van der Waals surface area contributed by atoms with Gasteiger partial charge in [-0.3, -0.25) is 4.79 Å². The minimum Gasteiger partial charge on any atom is -0.467 e. The Morgan fingerprint density at radius 1 is 1.47 bits per heavy atom. The van der Waals surface area contributed by atoms with Crippen LogP contribution in [0.5, 0.6) is 0 Å². The van der Waals surface area contributed by atoms with Crippen molar-refractivity contribution in [3.8, 4) is 0 Å². The molecule has 0 saturated heterocycles. The molecule has 1 unspecified atom stereocenters.